The molecule has 0 aliphatic rings. The second kappa shape index (κ2) is 7.35. The zero-order valence-electron chi connectivity index (χ0n) is 12.7. The normalized spacial score (nSPS) is 11.1. The Labute approximate surface area is 138 Å². The molecule has 2 N–H and O–H groups in total. The first-order valence-corrected chi connectivity index (χ1v) is 8.69. The van der Waals surface area contributed by atoms with E-state index in [1.54, 1.807) is 6.92 Å². The number of hydrogen-bond acceptors (Lipinski definition) is 4. The van der Waals surface area contributed by atoms with Crippen molar-refractivity contribution < 1.29 is 22.0 Å². The maximum Gasteiger partial charge on any atom is 0.261 e. The molecule has 0 spiro atoms. The molecule has 24 heavy (non-hydrogen) atoms. The van der Waals surface area contributed by atoms with Gasteiger partial charge in [0.2, 0.25) is 10.0 Å². The van der Waals surface area contributed by atoms with Crippen LogP contribution in [0.2, 0.25) is 0 Å². The number of carbonyl (C=O) groups excluding carboxylic acids is 1. The Hall–Kier alpha value is -2.55. The number of nitrogens with zero attached hydrogens (tertiary/aromatic N) is 1. The quantitative estimate of drug-likeness (QED) is 0.834. The fourth-order valence-electron chi connectivity index (χ4n) is 1.96. The van der Waals surface area contributed by atoms with E-state index in [1.807, 2.05) is 4.72 Å². The number of amides is 1. The lowest BCUT2D eigenvalue weighted by Crippen LogP contribution is -2.20. The number of pyridine rings is 1. The highest BCUT2D eigenvalue weighted by molar-refractivity contribution is 7.92. The van der Waals surface area contributed by atoms with Gasteiger partial charge in [0.1, 0.15) is 11.4 Å². The van der Waals surface area contributed by atoms with Crippen LogP contribution in [0, 0.1) is 11.6 Å². The van der Waals surface area contributed by atoms with E-state index in [0.717, 1.165) is 12.1 Å². The van der Waals surface area contributed by atoms with Gasteiger partial charge in [0.25, 0.3) is 5.91 Å². The molecule has 6 nitrogen and oxygen atoms in total. The number of nitrogens with one attached hydrogen (secondary N) is 2. The third-order valence-electron chi connectivity index (χ3n) is 2.98. The Bertz CT molecular complexity index is 843. The maximum absolute atomic E-state index is 14.4. The zero-order chi connectivity index (χ0) is 17.7. The lowest BCUT2D eigenvalue weighted by Gasteiger charge is -2.12. The molecule has 9 heteroatoms. The van der Waals surface area contributed by atoms with Crippen LogP contribution in [0.25, 0.3) is 0 Å². The second-order valence-electron chi connectivity index (χ2n) is 4.90. The molecule has 1 aromatic heterocycles. The third-order valence-corrected chi connectivity index (χ3v) is 4.45. The van der Waals surface area contributed by atoms with Gasteiger partial charge < -0.3 is 5.32 Å². The van der Waals surface area contributed by atoms with Crippen molar-refractivity contribution in [2.75, 3.05) is 15.8 Å². The number of anilines is 2. The van der Waals surface area contributed by atoms with E-state index < -0.39 is 38.8 Å². The summed E-state index contributed by atoms with van der Waals surface area (Å²) in [7, 11) is -3.78. The molecule has 0 atom stereocenters. The molecule has 1 heterocycles. The van der Waals surface area contributed by atoms with Crippen molar-refractivity contribution in [2.45, 2.75) is 13.3 Å². The van der Waals surface area contributed by atoms with Crippen LogP contribution in [0.1, 0.15) is 23.7 Å². The van der Waals surface area contributed by atoms with Crippen LogP contribution in [0.3, 0.4) is 0 Å². The molecule has 2 rings (SSSR count). The third kappa shape index (κ3) is 4.25. The molecular formula is C15H15F2N3O3S. The first-order valence-electron chi connectivity index (χ1n) is 7.04. The number of halogens is 2. The highest BCUT2D eigenvalue weighted by Crippen LogP contribution is 2.23. The van der Waals surface area contributed by atoms with Gasteiger partial charge >= 0.3 is 0 Å². The lowest BCUT2D eigenvalue weighted by atomic mass is 10.1. The molecule has 0 fully saturated rings. The molecule has 1 aromatic carbocycles. The molecule has 0 aliphatic heterocycles. The molecule has 0 radical (unpaired) electrons. The summed E-state index contributed by atoms with van der Waals surface area (Å²) in [6, 6.07) is 4.79. The van der Waals surface area contributed by atoms with Gasteiger partial charge in [-0.2, -0.15) is 0 Å². The number of rotatable bonds is 6. The van der Waals surface area contributed by atoms with E-state index in [2.05, 4.69) is 10.3 Å². The summed E-state index contributed by atoms with van der Waals surface area (Å²) < 4.78 is 53.8. The van der Waals surface area contributed by atoms with Gasteiger partial charge in [-0.25, -0.2) is 17.2 Å². The van der Waals surface area contributed by atoms with Crippen molar-refractivity contribution in [3.05, 3.63) is 53.9 Å². The smallest absolute Gasteiger partial charge is 0.261 e. The van der Waals surface area contributed by atoms with Gasteiger partial charge in [-0.3, -0.25) is 14.5 Å². The van der Waals surface area contributed by atoms with Gasteiger partial charge in [-0.05, 0) is 30.7 Å². The van der Waals surface area contributed by atoms with Crippen LogP contribution in [-0.4, -0.2) is 25.1 Å². The minimum absolute atomic E-state index is 0.221. The summed E-state index contributed by atoms with van der Waals surface area (Å²) in [6.07, 6.45) is 3.11. The summed E-state index contributed by atoms with van der Waals surface area (Å²) in [5.74, 6) is -3.65. The highest BCUT2D eigenvalue weighted by Gasteiger charge is 2.23. The lowest BCUT2D eigenvalue weighted by molar-refractivity contribution is 0.101. The first-order chi connectivity index (χ1) is 11.3. The molecule has 0 bridgehead atoms. The summed E-state index contributed by atoms with van der Waals surface area (Å²) >= 11 is 0. The van der Waals surface area contributed by atoms with E-state index in [9.17, 15) is 22.0 Å². The van der Waals surface area contributed by atoms with Crippen molar-refractivity contribution in [3.63, 3.8) is 0 Å². The predicted molar refractivity (Wildman–Crippen MR) is 86.2 cm³/mol. The molecule has 0 saturated carbocycles. The van der Waals surface area contributed by atoms with Gasteiger partial charge in [-0.1, -0.05) is 6.92 Å². The fraction of sp³-hybridized carbons (Fsp3) is 0.200. The van der Waals surface area contributed by atoms with E-state index in [-0.39, 0.29) is 11.4 Å². The van der Waals surface area contributed by atoms with Crippen molar-refractivity contribution in [1.82, 2.24) is 4.98 Å². The van der Waals surface area contributed by atoms with Crippen molar-refractivity contribution in [2.24, 2.45) is 0 Å². The minimum atomic E-state index is -3.78. The number of hydrogen-bond donors (Lipinski definition) is 2. The predicted octanol–water partition coefficient (Wildman–Crippen LogP) is 2.76. The zero-order valence-corrected chi connectivity index (χ0v) is 13.5. The van der Waals surface area contributed by atoms with E-state index in [4.69, 9.17) is 0 Å². The molecule has 0 unspecified atom stereocenters. The standard InChI is InChI=1S/C15H15F2N3O3S/c1-2-8-24(22,23)20-12-6-5-11(16)13(14(12)17)15(21)19-10-4-3-7-18-9-10/h3-7,9,20H,2,8H2,1H3,(H,19,21). The van der Waals surface area contributed by atoms with Gasteiger partial charge in [0, 0.05) is 6.20 Å². The Morgan fingerprint density at radius 2 is 2.00 bits per heavy atom. The number of benzene rings is 1. The second-order valence-corrected chi connectivity index (χ2v) is 6.74. The van der Waals surface area contributed by atoms with Gasteiger partial charge in [0.05, 0.1) is 23.3 Å². The Balaban J connectivity index is 2.33. The molecule has 0 aliphatic carbocycles. The molecule has 0 saturated heterocycles. The van der Waals surface area contributed by atoms with Crippen molar-refractivity contribution >= 4 is 27.3 Å². The number of aromatic nitrogens is 1. The average Bonchev–Trinajstić information content (AvgIpc) is 2.51. The molecule has 2 aromatic rings. The number of sulfonamides is 1. The van der Waals surface area contributed by atoms with Crippen molar-refractivity contribution in [3.8, 4) is 0 Å². The summed E-state index contributed by atoms with van der Waals surface area (Å²) in [4.78, 5) is 15.9. The van der Waals surface area contributed by atoms with Gasteiger partial charge in [-0.15, -0.1) is 0 Å². The maximum atomic E-state index is 14.4. The van der Waals surface area contributed by atoms with E-state index >= 15 is 0 Å². The SMILES string of the molecule is CCCS(=O)(=O)Nc1ccc(F)c(C(=O)Nc2cccnc2)c1F. The fourth-order valence-corrected chi connectivity index (χ4v) is 3.09. The highest BCUT2D eigenvalue weighted by atomic mass is 32.2. The van der Waals surface area contributed by atoms with Crippen LogP contribution in [0.15, 0.2) is 36.7 Å². The van der Waals surface area contributed by atoms with Crippen LogP contribution >= 0.6 is 0 Å². The van der Waals surface area contributed by atoms with Crippen LogP contribution in [-0.2, 0) is 10.0 Å². The molecule has 128 valence electrons. The topological polar surface area (TPSA) is 88.2 Å². The monoisotopic (exact) mass is 355 g/mol. The van der Waals surface area contributed by atoms with E-state index in [1.165, 1.54) is 24.5 Å². The number of carbonyl (C=O) groups is 1. The Kier molecular flexibility index (Phi) is 5.45. The van der Waals surface area contributed by atoms with Crippen molar-refractivity contribution in [1.29, 1.82) is 0 Å². The summed E-state index contributed by atoms with van der Waals surface area (Å²) in [5, 5.41) is 2.30. The Morgan fingerprint density at radius 3 is 2.62 bits per heavy atom. The van der Waals surface area contributed by atoms with Gasteiger partial charge in [0.15, 0.2) is 5.82 Å². The molecular weight excluding hydrogens is 340 g/mol. The van der Waals surface area contributed by atoms with Crippen LogP contribution in [0.4, 0.5) is 20.2 Å². The molecule has 1 amide bonds. The average molecular weight is 355 g/mol. The summed E-state index contributed by atoms with van der Waals surface area (Å²) in [6.45, 7) is 1.65. The van der Waals surface area contributed by atoms with Crippen LogP contribution in [0.5, 0.6) is 0 Å². The van der Waals surface area contributed by atoms with E-state index in [0.29, 0.717) is 6.42 Å². The largest absolute Gasteiger partial charge is 0.320 e. The first kappa shape index (κ1) is 17.8. The minimum Gasteiger partial charge on any atom is -0.320 e. The summed E-state index contributed by atoms with van der Waals surface area (Å²) in [5.41, 5.74) is -1.12. The van der Waals surface area contributed by atoms with Crippen LogP contribution < -0.4 is 10.0 Å². The Morgan fingerprint density at radius 1 is 1.25 bits per heavy atom.